The number of aromatic nitrogens is 2. The predicted molar refractivity (Wildman–Crippen MR) is 68.1 cm³/mol. The Morgan fingerprint density at radius 3 is 2.63 bits per heavy atom. The molecule has 0 aliphatic rings. The maximum atomic E-state index is 13.8. The van der Waals surface area contributed by atoms with E-state index in [9.17, 15) is 8.78 Å². The molecule has 3 N–H and O–H groups in total. The van der Waals surface area contributed by atoms with Crippen molar-refractivity contribution in [2.24, 2.45) is 12.9 Å². The molecule has 0 fully saturated rings. The number of halogens is 2. The second-order valence-corrected chi connectivity index (χ2v) is 4.30. The molecule has 0 bridgehead atoms. The molecule has 102 valence electrons. The molecular formula is C13H16F2N4. The van der Waals surface area contributed by atoms with Crippen LogP contribution in [0.4, 0.5) is 8.78 Å². The van der Waals surface area contributed by atoms with E-state index in [1.165, 1.54) is 12.1 Å². The van der Waals surface area contributed by atoms with Crippen LogP contribution < -0.4 is 11.3 Å². The number of hydrazine groups is 1. The summed E-state index contributed by atoms with van der Waals surface area (Å²) >= 11 is 0. The quantitative estimate of drug-likeness (QED) is 0.655. The molecule has 1 atom stereocenters. The standard InChI is InChI=1S/C13H16F2N4/c1-3-9-7-12(19(2)18-9)13(17-16)10-5-4-8(14)6-11(10)15/h4-7,13,17H,3,16H2,1-2H3. The van der Waals surface area contributed by atoms with Gasteiger partial charge in [0.2, 0.25) is 0 Å². The molecule has 0 aliphatic heterocycles. The summed E-state index contributed by atoms with van der Waals surface area (Å²) in [5.74, 6) is 4.26. The Kier molecular flexibility index (Phi) is 3.92. The SMILES string of the molecule is CCc1cc(C(NN)c2ccc(F)cc2F)n(C)n1. The van der Waals surface area contributed by atoms with Crippen molar-refractivity contribution in [3.8, 4) is 0 Å². The molecule has 19 heavy (non-hydrogen) atoms. The number of hydrogen-bond acceptors (Lipinski definition) is 3. The number of nitrogens with one attached hydrogen (secondary N) is 1. The topological polar surface area (TPSA) is 55.9 Å². The number of rotatable bonds is 4. The molecule has 0 saturated heterocycles. The first-order valence-corrected chi connectivity index (χ1v) is 6.00. The van der Waals surface area contributed by atoms with Crippen LogP contribution in [0.1, 0.15) is 29.9 Å². The van der Waals surface area contributed by atoms with E-state index in [0.717, 1.165) is 23.9 Å². The Morgan fingerprint density at radius 2 is 2.11 bits per heavy atom. The largest absolute Gasteiger partial charge is 0.271 e. The minimum absolute atomic E-state index is 0.287. The van der Waals surface area contributed by atoms with Crippen LogP contribution in [0.3, 0.4) is 0 Å². The third kappa shape index (κ3) is 2.64. The smallest absolute Gasteiger partial charge is 0.131 e. The maximum Gasteiger partial charge on any atom is 0.131 e. The summed E-state index contributed by atoms with van der Waals surface area (Å²) in [5, 5.41) is 4.30. The van der Waals surface area contributed by atoms with Crippen molar-refractivity contribution < 1.29 is 8.78 Å². The molecule has 2 aromatic rings. The van der Waals surface area contributed by atoms with Crippen molar-refractivity contribution in [2.75, 3.05) is 0 Å². The zero-order valence-corrected chi connectivity index (χ0v) is 10.8. The fraction of sp³-hybridized carbons (Fsp3) is 0.308. The van der Waals surface area contributed by atoms with E-state index in [1.807, 2.05) is 13.0 Å². The lowest BCUT2D eigenvalue weighted by Gasteiger charge is -2.17. The van der Waals surface area contributed by atoms with Crippen molar-refractivity contribution in [1.82, 2.24) is 15.2 Å². The Labute approximate surface area is 110 Å². The van der Waals surface area contributed by atoms with Gasteiger partial charge in [-0.3, -0.25) is 10.5 Å². The van der Waals surface area contributed by atoms with Gasteiger partial charge in [0.05, 0.1) is 17.4 Å². The first kappa shape index (κ1) is 13.6. The average molecular weight is 266 g/mol. The van der Waals surface area contributed by atoms with Gasteiger partial charge in [0.1, 0.15) is 11.6 Å². The molecule has 0 spiro atoms. The van der Waals surface area contributed by atoms with Gasteiger partial charge in [0.25, 0.3) is 0 Å². The molecule has 1 aromatic heterocycles. The van der Waals surface area contributed by atoms with Gasteiger partial charge in [-0.1, -0.05) is 13.0 Å². The minimum Gasteiger partial charge on any atom is -0.271 e. The van der Waals surface area contributed by atoms with Crippen LogP contribution in [-0.4, -0.2) is 9.78 Å². The Bertz CT molecular complexity index is 580. The summed E-state index contributed by atoms with van der Waals surface area (Å²) in [6, 6.07) is 4.72. The lowest BCUT2D eigenvalue weighted by molar-refractivity contribution is 0.522. The van der Waals surface area contributed by atoms with Crippen LogP contribution in [0.15, 0.2) is 24.3 Å². The zero-order valence-electron chi connectivity index (χ0n) is 10.8. The fourth-order valence-electron chi connectivity index (χ4n) is 2.06. The summed E-state index contributed by atoms with van der Waals surface area (Å²) in [7, 11) is 1.76. The molecule has 0 amide bonds. The van der Waals surface area contributed by atoms with Crippen molar-refractivity contribution >= 4 is 0 Å². The minimum atomic E-state index is -0.637. The summed E-state index contributed by atoms with van der Waals surface area (Å²) in [5.41, 5.74) is 4.45. The monoisotopic (exact) mass is 266 g/mol. The lowest BCUT2D eigenvalue weighted by Crippen LogP contribution is -2.31. The molecular weight excluding hydrogens is 250 g/mol. The Morgan fingerprint density at radius 1 is 1.37 bits per heavy atom. The van der Waals surface area contributed by atoms with Gasteiger partial charge in [-0.05, 0) is 18.6 Å². The van der Waals surface area contributed by atoms with Gasteiger partial charge >= 0.3 is 0 Å². The normalized spacial score (nSPS) is 12.7. The van der Waals surface area contributed by atoms with E-state index >= 15 is 0 Å². The summed E-state index contributed by atoms with van der Waals surface area (Å²) in [6.45, 7) is 1.98. The highest BCUT2D eigenvalue weighted by atomic mass is 19.1. The lowest BCUT2D eigenvalue weighted by atomic mass is 10.0. The highest BCUT2D eigenvalue weighted by Gasteiger charge is 2.20. The third-order valence-corrected chi connectivity index (χ3v) is 3.06. The summed E-state index contributed by atoms with van der Waals surface area (Å²) in [4.78, 5) is 0. The number of aryl methyl sites for hydroxylation is 2. The van der Waals surface area contributed by atoms with Gasteiger partial charge < -0.3 is 0 Å². The average Bonchev–Trinajstić information content (AvgIpc) is 2.74. The van der Waals surface area contributed by atoms with Crippen LogP contribution in [0.2, 0.25) is 0 Å². The van der Waals surface area contributed by atoms with Crippen LogP contribution in [0.5, 0.6) is 0 Å². The van der Waals surface area contributed by atoms with Gasteiger partial charge in [-0.25, -0.2) is 14.2 Å². The number of benzene rings is 1. The van der Waals surface area contributed by atoms with Gasteiger partial charge in [-0.2, -0.15) is 5.10 Å². The molecule has 4 nitrogen and oxygen atoms in total. The first-order valence-electron chi connectivity index (χ1n) is 6.00. The van der Waals surface area contributed by atoms with Crippen LogP contribution in [0, 0.1) is 11.6 Å². The first-order chi connectivity index (χ1) is 9.06. The van der Waals surface area contributed by atoms with Gasteiger partial charge in [0, 0.05) is 18.7 Å². The molecule has 2 rings (SSSR count). The number of hydrogen-bond donors (Lipinski definition) is 2. The van der Waals surface area contributed by atoms with E-state index in [2.05, 4.69) is 10.5 Å². The van der Waals surface area contributed by atoms with E-state index in [1.54, 1.807) is 11.7 Å². The Hall–Kier alpha value is -1.79. The van der Waals surface area contributed by atoms with Crippen molar-refractivity contribution in [2.45, 2.75) is 19.4 Å². The van der Waals surface area contributed by atoms with Crippen LogP contribution in [-0.2, 0) is 13.5 Å². The Balaban J connectivity index is 2.46. The summed E-state index contributed by atoms with van der Waals surface area (Å²) < 4.78 is 28.4. The third-order valence-electron chi connectivity index (χ3n) is 3.06. The predicted octanol–water partition coefficient (Wildman–Crippen LogP) is 1.81. The summed E-state index contributed by atoms with van der Waals surface area (Å²) in [6.07, 6.45) is 0.775. The van der Waals surface area contributed by atoms with Crippen molar-refractivity contribution in [3.63, 3.8) is 0 Å². The molecule has 1 heterocycles. The van der Waals surface area contributed by atoms with Gasteiger partial charge in [-0.15, -0.1) is 0 Å². The highest BCUT2D eigenvalue weighted by Crippen LogP contribution is 2.24. The van der Waals surface area contributed by atoms with E-state index in [0.29, 0.717) is 0 Å². The fourth-order valence-corrected chi connectivity index (χ4v) is 2.06. The van der Waals surface area contributed by atoms with E-state index in [4.69, 9.17) is 5.84 Å². The number of nitrogens with two attached hydrogens (primary N) is 1. The molecule has 6 heteroatoms. The van der Waals surface area contributed by atoms with E-state index in [-0.39, 0.29) is 5.56 Å². The highest BCUT2D eigenvalue weighted by molar-refractivity contribution is 5.30. The maximum absolute atomic E-state index is 13.8. The second kappa shape index (κ2) is 5.46. The molecule has 1 aromatic carbocycles. The molecule has 0 saturated carbocycles. The molecule has 1 unspecified atom stereocenters. The van der Waals surface area contributed by atoms with Crippen LogP contribution >= 0.6 is 0 Å². The van der Waals surface area contributed by atoms with Crippen molar-refractivity contribution in [3.05, 3.63) is 52.9 Å². The zero-order chi connectivity index (χ0) is 14.0. The van der Waals surface area contributed by atoms with Gasteiger partial charge in [0.15, 0.2) is 0 Å². The molecule has 0 aliphatic carbocycles. The molecule has 0 radical (unpaired) electrons. The second-order valence-electron chi connectivity index (χ2n) is 4.30. The van der Waals surface area contributed by atoms with E-state index < -0.39 is 17.7 Å². The number of nitrogens with zero attached hydrogens (tertiary/aromatic N) is 2. The van der Waals surface area contributed by atoms with Crippen molar-refractivity contribution in [1.29, 1.82) is 0 Å². The van der Waals surface area contributed by atoms with Crippen LogP contribution in [0.25, 0.3) is 0 Å².